The summed E-state index contributed by atoms with van der Waals surface area (Å²) in [6.45, 7) is 0. The van der Waals surface area contributed by atoms with Crippen molar-refractivity contribution in [3.05, 3.63) is 187 Å². The predicted molar refractivity (Wildman–Crippen MR) is 184 cm³/mol. The van der Waals surface area contributed by atoms with Gasteiger partial charge in [-0.2, -0.15) is 0 Å². The van der Waals surface area contributed by atoms with Gasteiger partial charge < -0.3 is 27.4 Å². The largest absolute Gasteiger partial charge is 0.995 e. The minimum absolute atomic E-state index is 0.0142. The van der Waals surface area contributed by atoms with E-state index in [4.69, 9.17) is 9.00 Å². The summed E-state index contributed by atoms with van der Waals surface area (Å²) in [6.07, 6.45) is 1.54. The highest BCUT2D eigenvalue weighted by molar-refractivity contribution is 6.52. The second-order valence-electron chi connectivity index (χ2n) is 10.8. The van der Waals surface area contributed by atoms with Crippen molar-refractivity contribution < 1.29 is 17.6 Å². The van der Waals surface area contributed by atoms with Gasteiger partial charge in [-0.25, -0.2) is 0 Å². The van der Waals surface area contributed by atoms with Crippen molar-refractivity contribution in [3.63, 3.8) is 0 Å². The van der Waals surface area contributed by atoms with Crippen LogP contribution in [0.2, 0.25) is 0 Å². The molecule has 1 heterocycles. The van der Waals surface area contributed by atoms with E-state index in [1.807, 2.05) is 140 Å². The Balaban J connectivity index is 1.48. The van der Waals surface area contributed by atoms with Gasteiger partial charge in [0.15, 0.2) is 0 Å². The minimum Gasteiger partial charge on any atom is -0.569 e. The van der Waals surface area contributed by atoms with Crippen molar-refractivity contribution in [1.82, 2.24) is 0 Å². The van der Waals surface area contributed by atoms with Crippen molar-refractivity contribution in [2.75, 3.05) is 9.80 Å². The second kappa shape index (κ2) is 12.6. The van der Waals surface area contributed by atoms with E-state index in [2.05, 4.69) is 15.9 Å². The van der Waals surface area contributed by atoms with Crippen molar-refractivity contribution >= 4 is 52.8 Å². The third kappa shape index (κ3) is 6.17. The lowest BCUT2D eigenvalue weighted by molar-refractivity contribution is -0.183. The molecule has 1 aliphatic rings. The zero-order valence-electron chi connectivity index (χ0n) is 24.8. The van der Waals surface area contributed by atoms with E-state index >= 15 is 8.63 Å². The van der Waals surface area contributed by atoms with Crippen LogP contribution in [0.1, 0.15) is 15.5 Å². The van der Waals surface area contributed by atoms with Crippen LogP contribution in [0.25, 0.3) is 5.76 Å². The Kier molecular flexibility index (Phi) is 7.88. The van der Waals surface area contributed by atoms with Crippen LogP contribution in [0.5, 0.6) is 0 Å². The van der Waals surface area contributed by atoms with Gasteiger partial charge in [-0.15, -0.1) is 0 Å². The molecule has 0 fully saturated rings. The number of allylic oxidation sites excluding steroid dienone is 1. The molecule has 0 N–H and O–H groups in total. The van der Waals surface area contributed by atoms with E-state index in [0.717, 1.165) is 34.1 Å². The Hall–Kier alpha value is -5.95. The van der Waals surface area contributed by atoms with Gasteiger partial charge in [0.05, 0.1) is 17.4 Å². The van der Waals surface area contributed by atoms with E-state index < -0.39 is 7.11 Å². The number of anilines is 6. The molecule has 0 saturated heterocycles. The summed E-state index contributed by atoms with van der Waals surface area (Å²) in [4.78, 5) is 4.21. The summed E-state index contributed by atoms with van der Waals surface area (Å²) in [6, 6.07) is 54.5. The number of nitrogens with zero attached hydrogens (tertiary/aromatic N) is 2. The van der Waals surface area contributed by atoms with Crippen molar-refractivity contribution in [1.29, 1.82) is 0 Å². The molecule has 6 aromatic carbocycles. The summed E-state index contributed by atoms with van der Waals surface area (Å²) in [5, 5.41) is 0. The monoisotopic (exact) mass is 606 g/mol. The molecule has 0 spiro atoms. The Morgan fingerprint density at radius 2 is 0.804 bits per heavy atom. The molecule has 224 valence electrons. The standard InChI is InChI=1S/C39H29BF2N2O2/c41-40(42)45-38(30-16-6-1-7-17-30)29-39(46-40)31-26-36(43(32-18-8-2-9-19-32)33-20-10-3-11-21-33)28-37(27-31)44(34-22-12-4-13-23-34)35-24-14-5-15-25-35/h1-29H. The number of ketones is 1. The topological polar surface area (TPSA) is 27.0 Å². The lowest BCUT2D eigenvalue weighted by Crippen LogP contribution is -2.31. The minimum atomic E-state index is -4.63. The smallest absolute Gasteiger partial charge is 0.569 e. The maximum Gasteiger partial charge on any atom is 0.995 e. The lowest BCUT2D eigenvalue weighted by atomic mass is 10.0. The first-order chi connectivity index (χ1) is 22.5. The van der Waals surface area contributed by atoms with Crippen LogP contribution < -0.4 is 9.80 Å². The van der Waals surface area contributed by atoms with Gasteiger partial charge >= 0.3 is 7.11 Å². The Morgan fingerprint density at radius 3 is 1.20 bits per heavy atom. The molecule has 0 radical (unpaired) electrons. The highest BCUT2D eigenvalue weighted by atomic mass is 19.3. The number of halogens is 2. The normalized spacial score (nSPS) is 13.6. The molecule has 0 aromatic heterocycles. The first-order valence-electron chi connectivity index (χ1n) is 15.0. The zero-order valence-corrected chi connectivity index (χ0v) is 24.8. The molecule has 4 nitrogen and oxygen atoms in total. The van der Waals surface area contributed by atoms with Gasteiger partial charge in [-0.05, 0) is 78.9 Å². The van der Waals surface area contributed by atoms with E-state index in [1.165, 1.54) is 0 Å². The van der Waals surface area contributed by atoms with Gasteiger partial charge in [0, 0.05) is 39.7 Å². The maximum absolute atomic E-state index is 15.2. The van der Waals surface area contributed by atoms with E-state index in [9.17, 15) is 0 Å². The summed E-state index contributed by atoms with van der Waals surface area (Å²) in [5.74, 6) is 0.0603. The fraction of sp³-hybridized carbons (Fsp3) is 0. The predicted octanol–water partition coefficient (Wildman–Crippen LogP) is 10.8. The molecule has 1 aliphatic heterocycles. The second-order valence-corrected chi connectivity index (χ2v) is 10.8. The molecule has 0 aliphatic carbocycles. The maximum atomic E-state index is 15.2. The molecule has 6 aromatic rings. The summed E-state index contributed by atoms with van der Waals surface area (Å²) in [7, 11) is -4.63. The number of para-hydroxylation sites is 4. The molecular weight excluding hydrogens is 577 g/mol. The highest BCUT2D eigenvalue weighted by Crippen LogP contribution is 2.43. The van der Waals surface area contributed by atoms with Gasteiger partial charge in [-0.3, -0.25) is 0 Å². The van der Waals surface area contributed by atoms with E-state index in [-0.39, 0.29) is 11.5 Å². The molecule has 0 bridgehead atoms. The lowest BCUT2D eigenvalue weighted by Gasteiger charge is -2.31. The van der Waals surface area contributed by atoms with Crippen molar-refractivity contribution in [2.24, 2.45) is 0 Å². The van der Waals surface area contributed by atoms with Gasteiger partial charge in [0.1, 0.15) is 0 Å². The average molecular weight is 606 g/mol. The molecule has 7 rings (SSSR count). The van der Waals surface area contributed by atoms with Crippen LogP contribution in [0.15, 0.2) is 176 Å². The first-order valence-corrected chi connectivity index (χ1v) is 15.0. The van der Waals surface area contributed by atoms with Crippen LogP contribution in [-0.2, 0) is 4.65 Å². The van der Waals surface area contributed by atoms with Crippen LogP contribution in [0.4, 0.5) is 42.8 Å². The number of benzene rings is 6. The van der Waals surface area contributed by atoms with Crippen LogP contribution >= 0.6 is 0 Å². The fourth-order valence-corrected chi connectivity index (χ4v) is 5.61. The third-order valence-electron chi connectivity index (χ3n) is 7.61. The molecule has 46 heavy (non-hydrogen) atoms. The highest BCUT2D eigenvalue weighted by Gasteiger charge is 2.53. The first kappa shape index (κ1) is 28.8. The van der Waals surface area contributed by atoms with Crippen molar-refractivity contribution in [2.45, 2.75) is 0 Å². The molecule has 0 amide bonds. The van der Waals surface area contributed by atoms with Crippen LogP contribution in [-0.4, -0.2) is 12.9 Å². The Bertz CT molecular complexity index is 1810. The fourth-order valence-electron chi connectivity index (χ4n) is 5.61. The summed E-state index contributed by atoms with van der Waals surface area (Å²) >= 11 is 0. The number of hydrogen-bond acceptors (Lipinski definition) is 3. The summed E-state index contributed by atoms with van der Waals surface area (Å²) in [5.41, 5.74) is 6.17. The molecule has 0 unspecified atom stereocenters. The Morgan fingerprint density at radius 1 is 0.435 bits per heavy atom. The van der Waals surface area contributed by atoms with Crippen LogP contribution in [0, 0.1) is 0 Å². The zero-order chi connectivity index (χ0) is 31.3. The van der Waals surface area contributed by atoms with Gasteiger partial charge in [-0.1, -0.05) is 91.0 Å². The van der Waals surface area contributed by atoms with Gasteiger partial charge in [0.25, 0.3) is 5.78 Å². The molecule has 7 heteroatoms. The number of carbonyl (C=O) groups excluding carboxylic acids is 1. The van der Waals surface area contributed by atoms with Gasteiger partial charge in [0.2, 0.25) is 0 Å². The third-order valence-corrected chi connectivity index (χ3v) is 7.61. The van der Waals surface area contributed by atoms with E-state index in [1.54, 1.807) is 30.3 Å². The van der Waals surface area contributed by atoms with Crippen molar-refractivity contribution in [3.8, 4) is 0 Å². The van der Waals surface area contributed by atoms with E-state index in [0.29, 0.717) is 11.1 Å². The molecule has 0 atom stereocenters. The number of hydrogen-bond donors (Lipinski definition) is 0. The number of rotatable bonds is 8. The molecule has 0 saturated carbocycles. The SMILES string of the molecule is F[B-]1(F)OC(c2cc(N(c3ccccc3)c3ccccc3)cc(N(c3ccccc3)c3ccccc3)c2)=CC(c2ccccc2)=[O+]1. The summed E-state index contributed by atoms with van der Waals surface area (Å²) < 4.78 is 40.8. The quantitative estimate of drug-likeness (QED) is 0.127. The average Bonchev–Trinajstić information content (AvgIpc) is 3.10. The van der Waals surface area contributed by atoms with Crippen LogP contribution in [0.3, 0.4) is 0 Å². The molecular formula is C39H29BF2N2O2. The Labute approximate surface area is 266 Å².